The van der Waals surface area contributed by atoms with E-state index in [4.69, 9.17) is 4.74 Å². The fraction of sp³-hybridized carbons (Fsp3) is 0.250. The molecule has 0 aliphatic carbocycles. The van der Waals surface area contributed by atoms with E-state index in [0.717, 1.165) is 7.11 Å². The van der Waals surface area contributed by atoms with Gasteiger partial charge in [-0.2, -0.15) is 0 Å². The fourth-order valence-corrected chi connectivity index (χ4v) is 1.33. The van der Waals surface area contributed by atoms with Crippen molar-refractivity contribution in [2.24, 2.45) is 0 Å². The third kappa shape index (κ3) is 2.69. The Morgan fingerprint density at radius 3 is 2.24 bits per heavy atom. The van der Waals surface area contributed by atoms with Gasteiger partial charge in [-0.25, -0.2) is 4.79 Å². The summed E-state index contributed by atoms with van der Waals surface area (Å²) in [5, 5.41) is 0. The summed E-state index contributed by atoms with van der Waals surface area (Å²) in [5.41, 5.74) is 0.479. The minimum Gasteiger partial charge on any atom is -0.496 e. The van der Waals surface area contributed by atoms with Gasteiger partial charge < -0.3 is 9.47 Å². The minimum absolute atomic E-state index is 0.124. The van der Waals surface area contributed by atoms with Crippen LogP contribution in [0.15, 0.2) is 18.2 Å². The van der Waals surface area contributed by atoms with Crippen molar-refractivity contribution in [2.45, 2.75) is 6.92 Å². The average Bonchev–Trinajstić information content (AvgIpc) is 2.35. The van der Waals surface area contributed by atoms with E-state index in [9.17, 15) is 14.4 Å². The summed E-state index contributed by atoms with van der Waals surface area (Å²) in [7, 11) is 2.51. The molecule has 5 heteroatoms. The van der Waals surface area contributed by atoms with Crippen molar-refractivity contribution in [1.82, 2.24) is 0 Å². The molecule has 0 unspecified atom stereocenters. The van der Waals surface area contributed by atoms with E-state index in [0.29, 0.717) is 5.56 Å². The van der Waals surface area contributed by atoms with E-state index in [1.807, 2.05) is 0 Å². The van der Waals surface area contributed by atoms with Crippen LogP contribution in [-0.4, -0.2) is 31.8 Å². The van der Waals surface area contributed by atoms with Gasteiger partial charge in [0.1, 0.15) is 5.75 Å². The summed E-state index contributed by atoms with van der Waals surface area (Å²) in [5.74, 6) is -1.66. The van der Waals surface area contributed by atoms with Crippen LogP contribution in [0.2, 0.25) is 0 Å². The Balaban J connectivity index is 3.18. The Labute approximate surface area is 98.3 Å². The summed E-state index contributed by atoms with van der Waals surface area (Å²) in [6.45, 7) is 1.39. The molecule has 0 spiro atoms. The monoisotopic (exact) mass is 236 g/mol. The van der Waals surface area contributed by atoms with Gasteiger partial charge in [0, 0.05) is 5.56 Å². The van der Waals surface area contributed by atoms with E-state index in [2.05, 4.69) is 4.74 Å². The van der Waals surface area contributed by atoms with Crippen LogP contribution >= 0.6 is 0 Å². The number of ether oxygens (including phenoxy) is 2. The van der Waals surface area contributed by atoms with Gasteiger partial charge in [0.2, 0.25) is 0 Å². The van der Waals surface area contributed by atoms with E-state index >= 15 is 0 Å². The number of carbonyl (C=O) groups excluding carboxylic acids is 3. The maximum atomic E-state index is 11.5. The number of ketones is 2. The second kappa shape index (κ2) is 5.25. The van der Waals surface area contributed by atoms with E-state index in [1.54, 1.807) is 0 Å². The number of benzene rings is 1. The Hall–Kier alpha value is -2.17. The van der Waals surface area contributed by atoms with Gasteiger partial charge in [0.15, 0.2) is 5.78 Å². The van der Waals surface area contributed by atoms with Crippen molar-refractivity contribution in [3.05, 3.63) is 29.3 Å². The van der Waals surface area contributed by atoms with Crippen LogP contribution in [0.3, 0.4) is 0 Å². The van der Waals surface area contributed by atoms with E-state index in [1.165, 1.54) is 32.2 Å². The largest absolute Gasteiger partial charge is 0.496 e. The summed E-state index contributed by atoms with van der Waals surface area (Å²) in [4.78, 5) is 33.8. The summed E-state index contributed by atoms with van der Waals surface area (Å²) < 4.78 is 9.31. The summed E-state index contributed by atoms with van der Waals surface area (Å²) in [6, 6.07) is 4.17. The molecular formula is C12H12O5. The number of methoxy groups -OCH3 is 2. The molecule has 1 rings (SSSR count). The normalized spacial score (nSPS) is 9.59. The van der Waals surface area contributed by atoms with Gasteiger partial charge in [0.25, 0.3) is 5.78 Å². The van der Waals surface area contributed by atoms with Crippen LogP contribution in [-0.2, 0) is 9.53 Å². The topological polar surface area (TPSA) is 69.7 Å². The summed E-state index contributed by atoms with van der Waals surface area (Å²) in [6.07, 6.45) is 0. The van der Waals surface area contributed by atoms with E-state index in [-0.39, 0.29) is 17.1 Å². The Morgan fingerprint density at radius 2 is 1.76 bits per heavy atom. The standard InChI is InChI=1S/C12H12O5/c1-7(13)9-5-4-8(6-10(9)16-2)11(14)12(15)17-3/h4-6H,1-3H3. The third-order valence-electron chi connectivity index (χ3n) is 2.21. The van der Waals surface area contributed by atoms with Crippen molar-refractivity contribution in [3.8, 4) is 5.75 Å². The number of esters is 1. The summed E-state index contributed by atoms with van der Waals surface area (Å²) >= 11 is 0. The first-order valence-electron chi connectivity index (χ1n) is 4.83. The predicted octanol–water partition coefficient (Wildman–Crippen LogP) is 1.25. The molecule has 5 nitrogen and oxygen atoms in total. The van der Waals surface area contributed by atoms with Crippen LogP contribution in [0.1, 0.15) is 27.6 Å². The molecule has 0 saturated carbocycles. The highest BCUT2D eigenvalue weighted by Crippen LogP contribution is 2.21. The highest BCUT2D eigenvalue weighted by molar-refractivity contribution is 6.40. The molecule has 0 amide bonds. The zero-order valence-electron chi connectivity index (χ0n) is 9.77. The quantitative estimate of drug-likeness (QED) is 0.447. The zero-order valence-corrected chi connectivity index (χ0v) is 9.77. The molecule has 17 heavy (non-hydrogen) atoms. The molecule has 0 atom stereocenters. The SMILES string of the molecule is COC(=O)C(=O)c1ccc(C(C)=O)c(OC)c1. The van der Waals surface area contributed by atoms with Crippen LogP contribution in [0.25, 0.3) is 0 Å². The van der Waals surface area contributed by atoms with Gasteiger partial charge in [-0.1, -0.05) is 0 Å². The minimum atomic E-state index is -0.956. The molecule has 90 valence electrons. The van der Waals surface area contributed by atoms with Crippen LogP contribution < -0.4 is 4.74 Å². The molecule has 0 aromatic heterocycles. The lowest BCUT2D eigenvalue weighted by molar-refractivity contribution is -0.135. The lowest BCUT2D eigenvalue weighted by Crippen LogP contribution is -2.16. The lowest BCUT2D eigenvalue weighted by Gasteiger charge is -2.07. The Kier molecular flexibility index (Phi) is 3.98. The molecule has 0 bridgehead atoms. The first-order chi connectivity index (χ1) is 8.01. The van der Waals surface area contributed by atoms with Gasteiger partial charge in [-0.3, -0.25) is 9.59 Å². The highest BCUT2D eigenvalue weighted by Gasteiger charge is 2.19. The first kappa shape index (κ1) is 12.9. The van der Waals surface area contributed by atoms with Crippen molar-refractivity contribution < 1.29 is 23.9 Å². The van der Waals surface area contributed by atoms with E-state index < -0.39 is 11.8 Å². The van der Waals surface area contributed by atoms with Crippen molar-refractivity contribution in [3.63, 3.8) is 0 Å². The van der Waals surface area contributed by atoms with Gasteiger partial charge >= 0.3 is 5.97 Å². The second-order valence-corrected chi connectivity index (χ2v) is 3.29. The molecule has 0 aliphatic heterocycles. The molecule has 0 heterocycles. The van der Waals surface area contributed by atoms with Crippen molar-refractivity contribution in [1.29, 1.82) is 0 Å². The van der Waals surface area contributed by atoms with Crippen LogP contribution in [0.4, 0.5) is 0 Å². The number of hydrogen-bond donors (Lipinski definition) is 0. The van der Waals surface area contributed by atoms with Crippen molar-refractivity contribution >= 4 is 17.5 Å². The first-order valence-corrected chi connectivity index (χ1v) is 4.83. The smallest absolute Gasteiger partial charge is 0.379 e. The van der Waals surface area contributed by atoms with Gasteiger partial charge in [-0.15, -0.1) is 0 Å². The molecule has 0 fully saturated rings. The van der Waals surface area contributed by atoms with Crippen molar-refractivity contribution in [2.75, 3.05) is 14.2 Å². The predicted molar refractivity (Wildman–Crippen MR) is 59.3 cm³/mol. The Bertz CT molecular complexity index is 476. The number of carbonyl (C=O) groups is 3. The Morgan fingerprint density at radius 1 is 1.12 bits per heavy atom. The van der Waals surface area contributed by atoms with Crippen LogP contribution in [0, 0.1) is 0 Å². The molecule has 1 aromatic carbocycles. The zero-order chi connectivity index (χ0) is 13.0. The van der Waals surface area contributed by atoms with Crippen LogP contribution in [0.5, 0.6) is 5.75 Å². The second-order valence-electron chi connectivity index (χ2n) is 3.29. The van der Waals surface area contributed by atoms with Gasteiger partial charge in [-0.05, 0) is 25.1 Å². The molecule has 0 aliphatic rings. The molecule has 0 N–H and O–H groups in total. The number of rotatable bonds is 4. The van der Waals surface area contributed by atoms with Gasteiger partial charge in [0.05, 0.1) is 19.8 Å². The third-order valence-corrected chi connectivity index (χ3v) is 2.21. The molecule has 1 aromatic rings. The fourth-order valence-electron chi connectivity index (χ4n) is 1.33. The lowest BCUT2D eigenvalue weighted by atomic mass is 10.0. The maximum Gasteiger partial charge on any atom is 0.379 e. The average molecular weight is 236 g/mol. The molecule has 0 radical (unpaired) electrons. The molecule has 0 saturated heterocycles. The number of Topliss-reactive ketones (excluding diaryl/α,β-unsaturated/α-hetero) is 2. The highest BCUT2D eigenvalue weighted by atomic mass is 16.5. The maximum absolute atomic E-state index is 11.5. The number of hydrogen-bond acceptors (Lipinski definition) is 5. The molecular weight excluding hydrogens is 224 g/mol.